The lowest BCUT2D eigenvalue weighted by atomic mass is 9.98. The highest BCUT2D eigenvalue weighted by Crippen LogP contribution is 2.30. The first kappa shape index (κ1) is 14.4. The SMILES string of the molecule is O=C(O)c1c(OC2CCCCC2)cnn1C1CCOCC1. The van der Waals surface area contributed by atoms with Crippen molar-refractivity contribution in [3.8, 4) is 5.75 Å². The molecule has 1 saturated heterocycles. The van der Waals surface area contributed by atoms with Crippen LogP contribution in [0, 0.1) is 0 Å². The van der Waals surface area contributed by atoms with Gasteiger partial charge in [0.05, 0.1) is 18.3 Å². The molecule has 1 aliphatic carbocycles. The number of rotatable bonds is 4. The van der Waals surface area contributed by atoms with Crippen LogP contribution in [0.3, 0.4) is 0 Å². The van der Waals surface area contributed by atoms with Crippen LogP contribution in [-0.2, 0) is 4.74 Å². The van der Waals surface area contributed by atoms with Gasteiger partial charge in [0.2, 0.25) is 0 Å². The van der Waals surface area contributed by atoms with Gasteiger partial charge in [0.1, 0.15) is 0 Å². The molecule has 2 heterocycles. The van der Waals surface area contributed by atoms with E-state index in [1.54, 1.807) is 10.9 Å². The topological polar surface area (TPSA) is 73.6 Å². The molecule has 0 amide bonds. The first-order valence-corrected chi connectivity index (χ1v) is 7.81. The van der Waals surface area contributed by atoms with Gasteiger partial charge in [-0.3, -0.25) is 4.68 Å². The molecule has 0 atom stereocenters. The second-order valence-electron chi connectivity index (χ2n) is 5.83. The van der Waals surface area contributed by atoms with Crippen LogP contribution in [0.4, 0.5) is 0 Å². The average Bonchev–Trinajstić information content (AvgIpc) is 2.93. The Bertz CT molecular complexity index is 488. The fourth-order valence-corrected chi connectivity index (χ4v) is 3.21. The van der Waals surface area contributed by atoms with Crippen LogP contribution in [0.25, 0.3) is 0 Å². The van der Waals surface area contributed by atoms with Crippen LogP contribution < -0.4 is 4.74 Å². The first-order chi connectivity index (χ1) is 10.3. The van der Waals surface area contributed by atoms with E-state index in [1.165, 1.54) is 6.42 Å². The summed E-state index contributed by atoms with van der Waals surface area (Å²) in [5, 5.41) is 13.8. The van der Waals surface area contributed by atoms with Gasteiger partial charge in [0.25, 0.3) is 0 Å². The van der Waals surface area contributed by atoms with Gasteiger partial charge in [-0.25, -0.2) is 4.79 Å². The van der Waals surface area contributed by atoms with Crippen LogP contribution in [0.15, 0.2) is 6.20 Å². The number of hydrogen-bond acceptors (Lipinski definition) is 4. The molecule has 6 nitrogen and oxygen atoms in total. The molecule has 2 aliphatic rings. The van der Waals surface area contributed by atoms with E-state index in [2.05, 4.69) is 5.10 Å². The maximum absolute atomic E-state index is 11.6. The summed E-state index contributed by atoms with van der Waals surface area (Å²) in [5.41, 5.74) is 0.187. The highest BCUT2D eigenvalue weighted by molar-refractivity contribution is 5.88. The lowest BCUT2D eigenvalue weighted by Gasteiger charge is -2.24. The molecule has 0 aromatic carbocycles. The van der Waals surface area contributed by atoms with E-state index in [0.29, 0.717) is 19.0 Å². The van der Waals surface area contributed by atoms with E-state index >= 15 is 0 Å². The lowest BCUT2D eigenvalue weighted by Crippen LogP contribution is -2.24. The smallest absolute Gasteiger partial charge is 0.358 e. The minimum Gasteiger partial charge on any atom is -0.486 e. The van der Waals surface area contributed by atoms with Crippen LogP contribution >= 0.6 is 0 Å². The summed E-state index contributed by atoms with van der Waals surface area (Å²) < 4.78 is 12.9. The van der Waals surface area contributed by atoms with Gasteiger partial charge in [-0.05, 0) is 38.5 Å². The van der Waals surface area contributed by atoms with Crippen molar-refractivity contribution in [2.75, 3.05) is 13.2 Å². The van der Waals surface area contributed by atoms with Crippen molar-refractivity contribution in [2.24, 2.45) is 0 Å². The third kappa shape index (κ3) is 3.20. The van der Waals surface area contributed by atoms with Crippen molar-refractivity contribution in [3.05, 3.63) is 11.9 Å². The molecule has 0 radical (unpaired) electrons. The third-order valence-electron chi connectivity index (χ3n) is 4.35. The molecule has 0 spiro atoms. The Morgan fingerprint density at radius 3 is 2.62 bits per heavy atom. The summed E-state index contributed by atoms with van der Waals surface area (Å²) in [6, 6.07) is 0.0913. The maximum Gasteiger partial charge on any atom is 0.358 e. The number of ether oxygens (including phenoxy) is 2. The molecule has 21 heavy (non-hydrogen) atoms. The molecule has 3 rings (SSSR count). The molecule has 0 bridgehead atoms. The predicted octanol–water partition coefficient (Wildman–Crippen LogP) is 2.64. The van der Waals surface area contributed by atoms with Gasteiger partial charge < -0.3 is 14.6 Å². The lowest BCUT2D eigenvalue weighted by molar-refractivity contribution is 0.0573. The Hall–Kier alpha value is -1.56. The number of carbonyl (C=O) groups is 1. The normalized spacial score (nSPS) is 21.3. The number of aromatic nitrogens is 2. The number of hydrogen-bond donors (Lipinski definition) is 1. The molecule has 1 aromatic heterocycles. The first-order valence-electron chi connectivity index (χ1n) is 7.81. The van der Waals surface area contributed by atoms with E-state index in [9.17, 15) is 9.90 Å². The quantitative estimate of drug-likeness (QED) is 0.924. The Balaban J connectivity index is 1.79. The molecule has 1 aromatic rings. The molecule has 116 valence electrons. The van der Waals surface area contributed by atoms with Crippen LogP contribution in [0.2, 0.25) is 0 Å². The highest BCUT2D eigenvalue weighted by Gasteiger charge is 2.27. The standard InChI is InChI=1S/C15H22N2O4/c18-15(19)14-13(21-12-4-2-1-3-5-12)10-16-17(14)11-6-8-20-9-7-11/h10-12H,1-9H2,(H,18,19). The molecular formula is C15H22N2O4. The maximum atomic E-state index is 11.6. The summed E-state index contributed by atoms with van der Waals surface area (Å²) in [5.74, 6) is -0.550. The van der Waals surface area contributed by atoms with Crippen LogP contribution in [-0.4, -0.2) is 40.2 Å². The molecule has 6 heteroatoms. The minimum absolute atomic E-state index is 0.0913. The number of carboxylic acid groups (broad SMARTS) is 1. The summed E-state index contributed by atoms with van der Waals surface area (Å²) in [6.07, 6.45) is 8.84. The van der Waals surface area contributed by atoms with E-state index < -0.39 is 5.97 Å². The van der Waals surface area contributed by atoms with Crippen molar-refractivity contribution in [1.82, 2.24) is 9.78 Å². The third-order valence-corrected chi connectivity index (χ3v) is 4.35. The van der Waals surface area contributed by atoms with Crippen molar-refractivity contribution >= 4 is 5.97 Å². The summed E-state index contributed by atoms with van der Waals surface area (Å²) in [6.45, 7) is 1.31. The van der Waals surface area contributed by atoms with Crippen molar-refractivity contribution in [3.63, 3.8) is 0 Å². The van der Waals surface area contributed by atoms with E-state index in [1.807, 2.05) is 0 Å². The Morgan fingerprint density at radius 2 is 1.95 bits per heavy atom. The van der Waals surface area contributed by atoms with E-state index in [0.717, 1.165) is 38.5 Å². The fraction of sp³-hybridized carbons (Fsp3) is 0.733. The molecule has 2 fully saturated rings. The number of nitrogens with zero attached hydrogens (tertiary/aromatic N) is 2. The highest BCUT2D eigenvalue weighted by atomic mass is 16.5. The molecule has 1 saturated carbocycles. The van der Waals surface area contributed by atoms with E-state index in [4.69, 9.17) is 9.47 Å². The molecule has 1 aliphatic heterocycles. The second-order valence-corrected chi connectivity index (χ2v) is 5.83. The minimum atomic E-state index is -0.968. The zero-order valence-corrected chi connectivity index (χ0v) is 12.2. The zero-order valence-electron chi connectivity index (χ0n) is 12.2. The van der Waals surface area contributed by atoms with Gasteiger partial charge in [0.15, 0.2) is 11.4 Å². The zero-order chi connectivity index (χ0) is 14.7. The predicted molar refractivity (Wildman–Crippen MR) is 75.8 cm³/mol. The average molecular weight is 294 g/mol. The number of aromatic carboxylic acids is 1. The monoisotopic (exact) mass is 294 g/mol. The Labute approximate surface area is 124 Å². The van der Waals surface area contributed by atoms with Crippen molar-refractivity contribution in [1.29, 1.82) is 0 Å². The van der Waals surface area contributed by atoms with Gasteiger partial charge in [-0.15, -0.1) is 0 Å². The molecular weight excluding hydrogens is 272 g/mol. The van der Waals surface area contributed by atoms with Gasteiger partial charge in [-0.1, -0.05) is 6.42 Å². The van der Waals surface area contributed by atoms with Gasteiger partial charge in [-0.2, -0.15) is 5.10 Å². The summed E-state index contributed by atoms with van der Waals surface area (Å²) in [7, 11) is 0. The van der Waals surface area contributed by atoms with Gasteiger partial charge >= 0.3 is 5.97 Å². The van der Waals surface area contributed by atoms with Crippen molar-refractivity contribution < 1.29 is 19.4 Å². The molecule has 0 unspecified atom stereocenters. The second kappa shape index (κ2) is 6.47. The van der Waals surface area contributed by atoms with Crippen molar-refractivity contribution in [2.45, 2.75) is 57.1 Å². The summed E-state index contributed by atoms with van der Waals surface area (Å²) >= 11 is 0. The molecule has 1 N–H and O–H groups in total. The largest absolute Gasteiger partial charge is 0.486 e. The van der Waals surface area contributed by atoms with Crippen LogP contribution in [0.1, 0.15) is 61.5 Å². The van der Waals surface area contributed by atoms with E-state index in [-0.39, 0.29) is 17.8 Å². The Kier molecular flexibility index (Phi) is 4.43. The van der Waals surface area contributed by atoms with Gasteiger partial charge in [0, 0.05) is 13.2 Å². The van der Waals surface area contributed by atoms with Crippen LogP contribution in [0.5, 0.6) is 5.75 Å². The summed E-state index contributed by atoms with van der Waals surface area (Å²) in [4.78, 5) is 11.6. The Morgan fingerprint density at radius 1 is 1.24 bits per heavy atom. The number of carboxylic acids is 1. The fourth-order valence-electron chi connectivity index (χ4n) is 3.21.